The van der Waals surface area contributed by atoms with Crippen molar-refractivity contribution in [2.75, 3.05) is 32.4 Å². The molecule has 0 radical (unpaired) electrons. The maximum atomic E-state index is 12.5. The Balaban J connectivity index is 2.26. The Kier molecular flexibility index (Phi) is 3.78. The van der Waals surface area contributed by atoms with E-state index >= 15 is 0 Å². The van der Waals surface area contributed by atoms with E-state index in [0.717, 1.165) is 13.1 Å². The topological polar surface area (TPSA) is 49.6 Å². The molecule has 0 aliphatic carbocycles. The number of hydrogen-bond donors (Lipinski definition) is 1. The molecule has 1 aliphatic rings. The van der Waals surface area contributed by atoms with E-state index < -0.39 is 0 Å². The molecule has 2 rings (SSSR count). The highest BCUT2D eigenvalue weighted by molar-refractivity contribution is 6.34. The van der Waals surface area contributed by atoms with Gasteiger partial charge >= 0.3 is 0 Å². The lowest BCUT2D eigenvalue weighted by Gasteiger charge is -2.38. The second kappa shape index (κ2) is 5.16. The molecule has 0 saturated carbocycles. The summed E-state index contributed by atoms with van der Waals surface area (Å²) >= 11 is 6.08. The normalized spacial score (nSPS) is 21.1. The number of nitrogens with two attached hydrogens (primary N) is 1. The number of nitrogens with zero attached hydrogens (tertiary/aromatic N) is 2. The molecule has 0 bridgehead atoms. The van der Waals surface area contributed by atoms with Crippen LogP contribution < -0.4 is 5.73 Å². The number of hydrogen-bond acceptors (Lipinski definition) is 3. The molecule has 4 nitrogen and oxygen atoms in total. The molecule has 1 aromatic carbocycles. The Morgan fingerprint density at radius 3 is 2.78 bits per heavy atom. The minimum absolute atomic E-state index is 0.0706. The molecule has 1 aromatic rings. The largest absolute Gasteiger partial charge is 0.398 e. The average molecular weight is 268 g/mol. The van der Waals surface area contributed by atoms with E-state index in [2.05, 4.69) is 11.9 Å². The number of carbonyl (C=O) groups is 1. The van der Waals surface area contributed by atoms with Crippen molar-refractivity contribution in [3.63, 3.8) is 0 Å². The first kappa shape index (κ1) is 13.2. The number of likely N-dealkylation sites (N-methyl/N-ethyl adjacent to an activating group) is 1. The van der Waals surface area contributed by atoms with Crippen LogP contribution in [0.2, 0.25) is 5.02 Å². The van der Waals surface area contributed by atoms with Crippen LogP contribution in [-0.4, -0.2) is 48.4 Å². The van der Waals surface area contributed by atoms with Gasteiger partial charge in [0.2, 0.25) is 0 Å². The van der Waals surface area contributed by atoms with E-state index in [9.17, 15) is 4.79 Å². The van der Waals surface area contributed by atoms with E-state index in [0.29, 0.717) is 22.8 Å². The van der Waals surface area contributed by atoms with E-state index in [1.807, 2.05) is 11.8 Å². The second-order valence-corrected chi connectivity index (χ2v) is 5.22. The average Bonchev–Trinajstić information content (AvgIpc) is 2.28. The first-order valence-electron chi connectivity index (χ1n) is 6.04. The van der Waals surface area contributed by atoms with Crippen molar-refractivity contribution in [1.29, 1.82) is 0 Å². The quantitative estimate of drug-likeness (QED) is 0.788. The summed E-state index contributed by atoms with van der Waals surface area (Å²) in [7, 11) is 2.06. The fourth-order valence-electron chi connectivity index (χ4n) is 2.35. The summed E-state index contributed by atoms with van der Waals surface area (Å²) in [5.74, 6) is -0.0706. The van der Waals surface area contributed by atoms with Gasteiger partial charge in [-0.2, -0.15) is 0 Å². The highest BCUT2D eigenvalue weighted by atomic mass is 35.5. The third-order valence-corrected chi connectivity index (χ3v) is 3.67. The number of amides is 1. The third kappa shape index (κ3) is 2.44. The van der Waals surface area contributed by atoms with E-state index in [4.69, 9.17) is 17.3 Å². The van der Waals surface area contributed by atoms with Crippen LogP contribution in [0.3, 0.4) is 0 Å². The van der Waals surface area contributed by atoms with Crippen molar-refractivity contribution in [2.24, 2.45) is 0 Å². The number of rotatable bonds is 1. The summed E-state index contributed by atoms with van der Waals surface area (Å²) in [5, 5.41) is 0.422. The molecule has 1 fully saturated rings. The standard InChI is InChI=1S/C13H18ClN3O/c1-9-8-16(2)6-7-17(9)13(18)12-10(14)4-3-5-11(12)15/h3-5,9H,6-8,15H2,1-2H3. The predicted molar refractivity (Wildman–Crippen MR) is 73.9 cm³/mol. The van der Waals surface area contributed by atoms with Gasteiger partial charge in [0.15, 0.2) is 0 Å². The lowest BCUT2D eigenvalue weighted by atomic mass is 10.1. The number of nitrogen functional groups attached to an aromatic ring is 1. The summed E-state index contributed by atoms with van der Waals surface area (Å²) in [6.45, 7) is 4.50. The molecule has 1 heterocycles. The summed E-state index contributed by atoms with van der Waals surface area (Å²) in [6, 6.07) is 5.33. The van der Waals surface area contributed by atoms with Crippen LogP contribution in [0, 0.1) is 0 Å². The Hall–Kier alpha value is -1.26. The lowest BCUT2D eigenvalue weighted by molar-refractivity contribution is 0.0535. The summed E-state index contributed by atoms with van der Waals surface area (Å²) < 4.78 is 0. The molecule has 2 N–H and O–H groups in total. The molecule has 1 atom stereocenters. The van der Waals surface area contributed by atoms with Crippen LogP contribution in [0.4, 0.5) is 5.69 Å². The van der Waals surface area contributed by atoms with Gasteiger partial charge in [-0.05, 0) is 26.1 Å². The van der Waals surface area contributed by atoms with Gasteiger partial charge in [0.25, 0.3) is 5.91 Å². The fraction of sp³-hybridized carbons (Fsp3) is 0.462. The van der Waals surface area contributed by atoms with Crippen molar-refractivity contribution in [3.05, 3.63) is 28.8 Å². The lowest BCUT2D eigenvalue weighted by Crippen LogP contribution is -2.52. The van der Waals surface area contributed by atoms with Crippen molar-refractivity contribution < 1.29 is 4.79 Å². The van der Waals surface area contributed by atoms with Gasteiger partial charge in [-0.3, -0.25) is 4.79 Å². The molecule has 5 heteroatoms. The van der Waals surface area contributed by atoms with Gasteiger partial charge in [0.05, 0.1) is 10.6 Å². The number of carbonyl (C=O) groups excluding carboxylic acids is 1. The van der Waals surface area contributed by atoms with Crippen LogP contribution in [0.1, 0.15) is 17.3 Å². The van der Waals surface area contributed by atoms with Crippen molar-refractivity contribution >= 4 is 23.2 Å². The maximum absolute atomic E-state index is 12.5. The van der Waals surface area contributed by atoms with Crippen LogP contribution in [0.15, 0.2) is 18.2 Å². The van der Waals surface area contributed by atoms with Crippen LogP contribution in [-0.2, 0) is 0 Å². The number of piperazine rings is 1. The Morgan fingerprint density at radius 2 is 2.17 bits per heavy atom. The smallest absolute Gasteiger partial charge is 0.257 e. The zero-order valence-electron chi connectivity index (χ0n) is 10.7. The van der Waals surface area contributed by atoms with E-state index in [1.165, 1.54) is 0 Å². The third-order valence-electron chi connectivity index (χ3n) is 3.35. The molecule has 1 saturated heterocycles. The molecule has 0 aromatic heterocycles. The Morgan fingerprint density at radius 1 is 1.44 bits per heavy atom. The van der Waals surface area contributed by atoms with Crippen LogP contribution in [0.25, 0.3) is 0 Å². The summed E-state index contributed by atoms with van der Waals surface area (Å²) in [5.41, 5.74) is 6.73. The van der Waals surface area contributed by atoms with E-state index in [1.54, 1.807) is 18.2 Å². The molecule has 1 unspecified atom stereocenters. The number of benzene rings is 1. The van der Waals surface area contributed by atoms with Crippen LogP contribution >= 0.6 is 11.6 Å². The molecular formula is C13H18ClN3O. The zero-order chi connectivity index (χ0) is 13.3. The Bertz CT molecular complexity index is 443. The Labute approximate surface area is 112 Å². The van der Waals surface area contributed by atoms with Gasteiger partial charge in [-0.1, -0.05) is 17.7 Å². The highest BCUT2D eigenvalue weighted by Crippen LogP contribution is 2.25. The van der Waals surface area contributed by atoms with Gasteiger partial charge in [0.1, 0.15) is 0 Å². The highest BCUT2D eigenvalue weighted by Gasteiger charge is 2.28. The SMILES string of the molecule is CC1CN(C)CCN1C(=O)c1c(N)cccc1Cl. The van der Waals surface area contributed by atoms with Crippen molar-refractivity contribution in [1.82, 2.24) is 9.80 Å². The van der Waals surface area contributed by atoms with Crippen molar-refractivity contribution in [3.8, 4) is 0 Å². The predicted octanol–water partition coefficient (Wildman–Crippen LogP) is 1.70. The summed E-state index contributed by atoms with van der Waals surface area (Å²) in [4.78, 5) is 16.6. The monoisotopic (exact) mass is 267 g/mol. The van der Waals surface area contributed by atoms with E-state index in [-0.39, 0.29) is 11.9 Å². The summed E-state index contributed by atoms with van der Waals surface area (Å²) in [6.07, 6.45) is 0. The molecule has 98 valence electrons. The number of anilines is 1. The minimum Gasteiger partial charge on any atom is -0.398 e. The van der Waals surface area contributed by atoms with Crippen molar-refractivity contribution in [2.45, 2.75) is 13.0 Å². The minimum atomic E-state index is -0.0706. The zero-order valence-corrected chi connectivity index (χ0v) is 11.4. The fourth-order valence-corrected chi connectivity index (χ4v) is 2.61. The molecule has 1 amide bonds. The van der Waals surface area contributed by atoms with Gasteiger partial charge in [0, 0.05) is 31.4 Å². The molecular weight excluding hydrogens is 250 g/mol. The molecule has 0 spiro atoms. The van der Waals surface area contributed by atoms with Crippen LogP contribution in [0.5, 0.6) is 0 Å². The second-order valence-electron chi connectivity index (χ2n) is 4.81. The maximum Gasteiger partial charge on any atom is 0.257 e. The van der Waals surface area contributed by atoms with Gasteiger partial charge in [-0.25, -0.2) is 0 Å². The first-order valence-corrected chi connectivity index (χ1v) is 6.42. The van der Waals surface area contributed by atoms with Gasteiger partial charge < -0.3 is 15.5 Å². The molecule has 18 heavy (non-hydrogen) atoms. The molecule has 1 aliphatic heterocycles. The van der Waals surface area contributed by atoms with Gasteiger partial charge in [-0.15, -0.1) is 0 Å². The number of halogens is 1. The first-order chi connectivity index (χ1) is 8.50.